The van der Waals surface area contributed by atoms with E-state index in [-0.39, 0.29) is 5.91 Å². The SMILES string of the molecule is CN(CCC1CCNCC1)C(=O)c1cnn(C)c1. The van der Waals surface area contributed by atoms with Crippen LogP contribution in [-0.2, 0) is 7.05 Å². The second-order valence-corrected chi connectivity index (χ2v) is 5.11. The summed E-state index contributed by atoms with van der Waals surface area (Å²) >= 11 is 0. The summed E-state index contributed by atoms with van der Waals surface area (Å²) in [5.41, 5.74) is 0.672. The number of aryl methyl sites for hydroxylation is 1. The van der Waals surface area contributed by atoms with Crippen LogP contribution in [0.5, 0.6) is 0 Å². The van der Waals surface area contributed by atoms with Crippen LogP contribution in [0, 0.1) is 5.92 Å². The van der Waals surface area contributed by atoms with Crippen LogP contribution in [0.25, 0.3) is 0 Å². The molecule has 0 atom stereocenters. The first-order valence-corrected chi connectivity index (χ1v) is 6.61. The zero-order chi connectivity index (χ0) is 13.0. The largest absolute Gasteiger partial charge is 0.342 e. The van der Waals surface area contributed by atoms with Crippen LogP contribution in [-0.4, -0.2) is 47.3 Å². The lowest BCUT2D eigenvalue weighted by atomic mass is 9.94. The van der Waals surface area contributed by atoms with Crippen molar-refractivity contribution in [3.05, 3.63) is 18.0 Å². The van der Waals surface area contributed by atoms with Gasteiger partial charge in [-0.2, -0.15) is 5.10 Å². The van der Waals surface area contributed by atoms with E-state index in [2.05, 4.69) is 10.4 Å². The molecule has 100 valence electrons. The maximum absolute atomic E-state index is 12.1. The normalized spacial score (nSPS) is 16.8. The number of carbonyl (C=O) groups is 1. The molecule has 0 unspecified atom stereocenters. The number of nitrogens with zero attached hydrogens (tertiary/aromatic N) is 3. The lowest BCUT2D eigenvalue weighted by molar-refractivity contribution is 0.0784. The lowest BCUT2D eigenvalue weighted by Crippen LogP contribution is -2.32. The molecule has 0 radical (unpaired) electrons. The van der Waals surface area contributed by atoms with Gasteiger partial charge in [0.1, 0.15) is 0 Å². The summed E-state index contributed by atoms with van der Waals surface area (Å²) in [5.74, 6) is 0.826. The smallest absolute Gasteiger partial charge is 0.256 e. The van der Waals surface area contributed by atoms with Gasteiger partial charge in [0.25, 0.3) is 5.91 Å². The van der Waals surface area contributed by atoms with Gasteiger partial charge in [-0.15, -0.1) is 0 Å². The fourth-order valence-corrected chi connectivity index (χ4v) is 2.40. The van der Waals surface area contributed by atoms with Crippen molar-refractivity contribution in [1.82, 2.24) is 20.0 Å². The molecule has 1 N–H and O–H groups in total. The van der Waals surface area contributed by atoms with Gasteiger partial charge in [-0.3, -0.25) is 9.48 Å². The van der Waals surface area contributed by atoms with Crippen molar-refractivity contribution in [1.29, 1.82) is 0 Å². The van der Waals surface area contributed by atoms with E-state index < -0.39 is 0 Å². The summed E-state index contributed by atoms with van der Waals surface area (Å²) in [6, 6.07) is 0. The van der Waals surface area contributed by atoms with Gasteiger partial charge in [-0.1, -0.05) is 0 Å². The van der Waals surface area contributed by atoms with Crippen LogP contribution in [0.3, 0.4) is 0 Å². The van der Waals surface area contributed by atoms with Gasteiger partial charge in [0.2, 0.25) is 0 Å². The molecule has 1 fully saturated rings. The van der Waals surface area contributed by atoms with Crippen molar-refractivity contribution in [3.63, 3.8) is 0 Å². The van der Waals surface area contributed by atoms with Crippen molar-refractivity contribution in [2.24, 2.45) is 13.0 Å². The van der Waals surface area contributed by atoms with E-state index in [9.17, 15) is 4.79 Å². The number of hydrogen-bond donors (Lipinski definition) is 1. The molecule has 2 rings (SSSR count). The van der Waals surface area contributed by atoms with Crippen LogP contribution < -0.4 is 5.32 Å². The van der Waals surface area contributed by atoms with Gasteiger partial charge >= 0.3 is 0 Å². The van der Waals surface area contributed by atoms with Gasteiger partial charge in [0.15, 0.2) is 0 Å². The van der Waals surface area contributed by atoms with Crippen molar-refractivity contribution >= 4 is 5.91 Å². The van der Waals surface area contributed by atoms with Crippen LogP contribution in [0.4, 0.5) is 0 Å². The predicted octanol–water partition coefficient (Wildman–Crippen LogP) is 0.882. The first-order chi connectivity index (χ1) is 8.66. The number of nitrogens with one attached hydrogen (secondary N) is 1. The monoisotopic (exact) mass is 250 g/mol. The molecular formula is C13H22N4O. The van der Waals surface area contributed by atoms with Gasteiger partial charge in [-0.05, 0) is 38.3 Å². The predicted molar refractivity (Wildman–Crippen MR) is 70.4 cm³/mol. The molecule has 5 nitrogen and oxygen atoms in total. The summed E-state index contributed by atoms with van der Waals surface area (Å²) in [5, 5.41) is 7.39. The molecule has 1 aromatic heterocycles. The number of carbonyl (C=O) groups excluding carboxylic acids is 1. The van der Waals surface area contributed by atoms with E-state index in [0.717, 1.165) is 32.0 Å². The van der Waals surface area contributed by atoms with Crippen molar-refractivity contribution < 1.29 is 4.79 Å². The van der Waals surface area contributed by atoms with Crippen LogP contribution in [0.2, 0.25) is 0 Å². The first-order valence-electron chi connectivity index (χ1n) is 6.61. The van der Waals surface area contributed by atoms with Crippen LogP contribution in [0.1, 0.15) is 29.6 Å². The van der Waals surface area contributed by atoms with Gasteiger partial charge in [-0.25, -0.2) is 0 Å². The Labute approximate surface area is 108 Å². The van der Waals surface area contributed by atoms with Crippen LogP contribution in [0.15, 0.2) is 12.4 Å². The number of piperidine rings is 1. The van der Waals surface area contributed by atoms with Gasteiger partial charge in [0, 0.05) is 26.8 Å². The molecule has 1 aliphatic heterocycles. The Morgan fingerprint density at radius 2 is 2.28 bits per heavy atom. The second-order valence-electron chi connectivity index (χ2n) is 5.11. The molecule has 18 heavy (non-hydrogen) atoms. The van der Waals surface area contributed by atoms with Crippen molar-refractivity contribution in [2.75, 3.05) is 26.7 Å². The molecule has 5 heteroatoms. The third-order valence-electron chi connectivity index (χ3n) is 3.63. The summed E-state index contributed by atoms with van der Waals surface area (Å²) < 4.78 is 1.66. The quantitative estimate of drug-likeness (QED) is 0.863. The zero-order valence-corrected chi connectivity index (χ0v) is 11.2. The Morgan fingerprint density at radius 1 is 1.56 bits per heavy atom. The molecule has 0 saturated carbocycles. The van der Waals surface area contributed by atoms with E-state index >= 15 is 0 Å². The molecular weight excluding hydrogens is 228 g/mol. The fourth-order valence-electron chi connectivity index (χ4n) is 2.40. The maximum Gasteiger partial charge on any atom is 0.256 e. The number of aromatic nitrogens is 2. The van der Waals surface area contributed by atoms with Crippen LogP contribution >= 0.6 is 0 Å². The summed E-state index contributed by atoms with van der Waals surface area (Å²) in [7, 11) is 3.70. The highest BCUT2D eigenvalue weighted by atomic mass is 16.2. The summed E-state index contributed by atoms with van der Waals surface area (Å²) in [6.45, 7) is 3.06. The number of hydrogen-bond acceptors (Lipinski definition) is 3. The Morgan fingerprint density at radius 3 is 2.89 bits per heavy atom. The third kappa shape index (κ3) is 3.32. The number of rotatable bonds is 4. The highest BCUT2D eigenvalue weighted by Gasteiger charge is 2.17. The molecule has 1 saturated heterocycles. The highest BCUT2D eigenvalue weighted by Crippen LogP contribution is 2.16. The third-order valence-corrected chi connectivity index (χ3v) is 3.63. The second kappa shape index (κ2) is 6.00. The molecule has 1 aliphatic rings. The van der Waals surface area contributed by atoms with Gasteiger partial charge < -0.3 is 10.2 Å². The standard InChI is InChI=1S/C13H22N4O/c1-16(8-5-11-3-6-14-7-4-11)13(18)12-9-15-17(2)10-12/h9-11,14H,3-8H2,1-2H3. The zero-order valence-electron chi connectivity index (χ0n) is 11.2. The topological polar surface area (TPSA) is 50.2 Å². The Balaban J connectivity index is 1.80. The first kappa shape index (κ1) is 13.1. The molecule has 0 aliphatic carbocycles. The van der Waals surface area contributed by atoms with E-state index in [0.29, 0.717) is 5.56 Å². The fraction of sp³-hybridized carbons (Fsp3) is 0.692. The average molecular weight is 250 g/mol. The summed E-state index contributed by atoms with van der Waals surface area (Å²) in [4.78, 5) is 13.9. The van der Waals surface area contributed by atoms with E-state index in [1.54, 1.807) is 22.0 Å². The number of amides is 1. The Kier molecular flexibility index (Phi) is 4.36. The maximum atomic E-state index is 12.1. The van der Waals surface area contributed by atoms with Gasteiger partial charge in [0.05, 0.1) is 11.8 Å². The van der Waals surface area contributed by atoms with Crippen molar-refractivity contribution in [3.8, 4) is 0 Å². The average Bonchev–Trinajstić information content (AvgIpc) is 2.83. The summed E-state index contributed by atoms with van der Waals surface area (Å²) in [6.07, 6.45) is 6.96. The van der Waals surface area contributed by atoms with E-state index in [1.165, 1.54) is 12.8 Å². The van der Waals surface area contributed by atoms with E-state index in [1.807, 2.05) is 14.1 Å². The minimum atomic E-state index is 0.0667. The highest BCUT2D eigenvalue weighted by molar-refractivity contribution is 5.93. The minimum absolute atomic E-state index is 0.0667. The molecule has 0 aromatic carbocycles. The molecule has 1 aromatic rings. The molecule has 1 amide bonds. The minimum Gasteiger partial charge on any atom is -0.342 e. The Bertz CT molecular complexity index is 395. The van der Waals surface area contributed by atoms with E-state index in [4.69, 9.17) is 0 Å². The Hall–Kier alpha value is -1.36. The molecule has 2 heterocycles. The molecule has 0 bridgehead atoms. The van der Waals surface area contributed by atoms with Crippen molar-refractivity contribution in [2.45, 2.75) is 19.3 Å². The molecule has 0 spiro atoms. The lowest BCUT2D eigenvalue weighted by Gasteiger charge is -2.25.